The van der Waals surface area contributed by atoms with E-state index in [1.165, 1.54) is 13.2 Å². The van der Waals surface area contributed by atoms with Gasteiger partial charge in [0.05, 0.1) is 25.2 Å². The van der Waals surface area contributed by atoms with E-state index in [0.717, 1.165) is 0 Å². The maximum absolute atomic E-state index is 14.3. The molecular weight excluding hydrogens is 345 g/mol. The molecule has 0 unspecified atom stereocenters. The molecule has 1 saturated carbocycles. The molecule has 0 atom stereocenters. The van der Waals surface area contributed by atoms with Crippen molar-refractivity contribution >= 4 is 11.6 Å². The highest BCUT2D eigenvalue weighted by molar-refractivity contribution is 6.17. The van der Waals surface area contributed by atoms with Gasteiger partial charge >= 0.3 is 0 Å². The van der Waals surface area contributed by atoms with Gasteiger partial charge in [0.2, 0.25) is 5.76 Å². The van der Waals surface area contributed by atoms with Crippen molar-refractivity contribution in [1.29, 1.82) is 0 Å². The van der Waals surface area contributed by atoms with Crippen molar-refractivity contribution < 1.29 is 18.4 Å². The largest absolute Gasteiger partial charge is 0.497 e. The van der Waals surface area contributed by atoms with E-state index in [2.05, 4.69) is 32.9 Å². The number of rotatable bonds is 6. The molecule has 0 amide bonds. The Hall–Kier alpha value is -1.75. The molecule has 0 bridgehead atoms. The van der Waals surface area contributed by atoms with E-state index in [4.69, 9.17) is 25.6 Å². The Labute approximate surface area is 152 Å². The number of hydrogen-bond donors (Lipinski definition) is 0. The Morgan fingerprint density at radius 3 is 2.48 bits per heavy atom. The minimum Gasteiger partial charge on any atom is -0.497 e. The average molecular weight is 368 g/mol. The number of alkyl halides is 1. The molecule has 4 nitrogen and oxygen atoms in total. The van der Waals surface area contributed by atoms with Crippen LogP contribution in [-0.2, 0) is 5.88 Å². The van der Waals surface area contributed by atoms with Crippen LogP contribution < -0.4 is 9.47 Å². The van der Waals surface area contributed by atoms with Gasteiger partial charge in [-0.1, -0.05) is 32.9 Å². The zero-order valence-electron chi connectivity index (χ0n) is 15.2. The molecule has 2 aromatic rings. The molecule has 3 rings (SSSR count). The lowest BCUT2D eigenvalue weighted by Crippen LogP contribution is -2.06. The standard InChI is InChI=1S/C19H23ClFNO3/c1-18(2)15(19(18,3)4)10-24-17-14(9-20)22-25-16(17)12-8-11(23-5)6-7-13(12)21/h6-8,15H,9-10H2,1-5H3. The zero-order chi connectivity index (χ0) is 18.4. The summed E-state index contributed by atoms with van der Waals surface area (Å²) in [5, 5.41) is 3.94. The number of methoxy groups -OCH3 is 1. The molecule has 1 heterocycles. The number of benzene rings is 1. The second kappa shape index (κ2) is 6.20. The van der Waals surface area contributed by atoms with Gasteiger partial charge in [-0.05, 0) is 29.0 Å². The van der Waals surface area contributed by atoms with Gasteiger partial charge in [-0.3, -0.25) is 0 Å². The van der Waals surface area contributed by atoms with Crippen molar-refractivity contribution in [2.45, 2.75) is 33.6 Å². The van der Waals surface area contributed by atoms with Crippen molar-refractivity contribution in [1.82, 2.24) is 5.16 Å². The molecule has 0 N–H and O–H groups in total. The van der Waals surface area contributed by atoms with E-state index in [1.807, 2.05) is 0 Å². The second-order valence-electron chi connectivity index (χ2n) is 7.57. The molecule has 1 aliphatic rings. The first-order valence-corrected chi connectivity index (χ1v) is 8.78. The maximum Gasteiger partial charge on any atom is 0.212 e. The molecule has 0 radical (unpaired) electrons. The van der Waals surface area contributed by atoms with Gasteiger partial charge in [-0.15, -0.1) is 11.6 Å². The third-order valence-corrected chi connectivity index (χ3v) is 6.23. The lowest BCUT2D eigenvalue weighted by Gasteiger charge is -2.09. The summed E-state index contributed by atoms with van der Waals surface area (Å²) >= 11 is 5.95. The summed E-state index contributed by atoms with van der Waals surface area (Å²) < 4.78 is 30.9. The minimum atomic E-state index is -0.435. The molecule has 136 valence electrons. The molecule has 0 spiro atoms. The third-order valence-electron chi connectivity index (χ3n) is 5.97. The predicted molar refractivity (Wildman–Crippen MR) is 94.6 cm³/mol. The highest BCUT2D eigenvalue weighted by Crippen LogP contribution is 2.68. The van der Waals surface area contributed by atoms with Gasteiger partial charge in [0.25, 0.3) is 0 Å². The first-order chi connectivity index (χ1) is 11.7. The van der Waals surface area contributed by atoms with E-state index >= 15 is 0 Å². The Balaban J connectivity index is 1.91. The fourth-order valence-corrected chi connectivity index (χ4v) is 3.61. The van der Waals surface area contributed by atoms with Crippen molar-refractivity contribution in [2.24, 2.45) is 16.7 Å². The first-order valence-electron chi connectivity index (χ1n) is 8.25. The summed E-state index contributed by atoms with van der Waals surface area (Å²) in [6, 6.07) is 4.44. The van der Waals surface area contributed by atoms with Crippen molar-refractivity contribution in [2.75, 3.05) is 13.7 Å². The predicted octanol–water partition coefficient (Wildman–Crippen LogP) is 5.29. The molecule has 1 aromatic heterocycles. The Morgan fingerprint density at radius 1 is 1.24 bits per heavy atom. The molecular formula is C19H23ClFNO3. The number of ether oxygens (including phenoxy) is 2. The number of halogens is 2. The molecule has 0 saturated heterocycles. The zero-order valence-corrected chi connectivity index (χ0v) is 15.9. The fourth-order valence-electron chi connectivity index (χ4n) is 3.44. The lowest BCUT2D eigenvalue weighted by molar-refractivity contribution is 0.270. The fraction of sp³-hybridized carbons (Fsp3) is 0.526. The van der Waals surface area contributed by atoms with E-state index in [9.17, 15) is 4.39 Å². The number of nitrogens with zero attached hydrogens (tertiary/aromatic N) is 1. The van der Waals surface area contributed by atoms with Gasteiger partial charge in [0.1, 0.15) is 17.3 Å². The summed E-state index contributed by atoms with van der Waals surface area (Å²) in [6.07, 6.45) is 0. The monoisotopic (exact) mass is 367 g/mol. The van der Waals surface area contributed by atoms with Gasteiger partial charge < -0.3 is 14.0 Å². The summed E-state index contributed by atoms with van der Waals surface area (Å²) in [7, 11) is 1.52. The Morgan fingerprint density at radius 2 is 1.92 bits per heavy atom. The molecule has 1 fully saturated rings. The first kappa shape index (κ1) is 18.1. The molecule has 1 aromatic carbocycles. The van der Waals surface area contributed by atoms with E-state index < -0.39 is 5.82 Å². The summed E-state index contributed by atoms with van der Waals surface area (Å²) in [5.74, 6) is 1.25. The Kier molecular flexibility index (Phi) is 4.48. The highest BCUT2D eigenvalue weighted by Gasteiger charge is 2.64. The number of hydrogen-bond acceptors (Lipinski definition) is 4. The van der Waals surface area contributed by atoms with Crippen LogP contribution in [0.15, 0.2) is 22.7 Å². The van der Waals surface area contributed by atoms with Crippen LogP contribution in [0.3, 0.4) is 0 Å². The van der Waals surface area contributed by atoms with Crippen LogP contribution in [0, 0.1) is 22.6 Å². The van der Waals surface area contributed by atoms with E-state index in [1.54, 1.807) is 12.1 Å². The minimum absolute atomic E-state index is 0.127. The van der Waals surface area contributed by atoms with Gasteiger partial charge in [0, 0.05) is 5.92 Å². The van der Waals surface area contributed by atoms with E-state index in [-0.39, 0.29) is 28.0 Å². The topological polar surface area (TPSA) is 44.5 Å². The average Bonchev–Trinajstić information content (AvgIpc) is 2.88. The van der Waals surface area contributed by atoms with Crippen LogP contribution in [0.25, 0.3) is 11.3 Å². The second-order valence-corrected chi connectivity index (χ2v) is 7.84. The van der Waals surface area contributed by atoms with Crippen LogP contribution in [-0.4, -0.2) is 18.9 Å². The molecule has 0 aliphatic heterocycles. The smallest absolute Gasteiger partial charge is 0.212 e. The lowest BCUT2D eigenvalue weighted by atomic mass is 10.0. The van der Waals surface area contributed by atoms with Crippen LogP contribution in [0.5, 0.6) is 11.5 Å². The summed E-state index contributed by atoms with van der Waals surface area (Å²) in [5.41, 5.74) is 1.09. The molecule has 6 heteroatoms. The SMILES string of the molecule is COc1ccc(F)c(-c2onc(CCl)c2OCC2C(C)(C)C2(C)C)c1. The third kappa shape index (κ3) is 2.88. The van der Waals surface area contributed by atoms with Crippen LogP contribution in [0.2, 0.25) is 0 Å². The quantitative estimate of drug-likeness (QED) is 0.651. The van der Waals surface area contributed by atoms with Gasteiger partial charge in [-0.2, -0.15) is 0 Å². The molecule has 25 heavy (non-hydrogen) atoms. The van der Waals surface area contributed by atoms with Crippen molar-refractivity contribution in [3.8, 4) is 22.8 Å². The van der Waals surface area contributed by atoms with Gasteiger partial charge in [0.15, 0.2) is 5.75 Å². The van der Waals surface area contributed by atoms with Crippen molar-refractivity contribution in [3.05, 3.63) is 29.7 Å². The highest BCUT2D eigenvalue weighted by atomic mass is 35.5. The van der Waals surface area contributed by atoms with Crippen LogP contribution in [0.4, 0.5) is 4.39 Å². The van der Waals surface area contributed by atoms with Crippen LogP contribution >= 0.6 is 11.6 Å². The Bertz CT molecular complexity index is 771. The number of aromatic nitrogens is 1. The summed E-state index contributed by atoms with van der Waals surface area (Å²) in [4.78, 5) is 0. The van der Waals surface area contributed by atoms with Gasteiger partial charge in [-0.25, -0.2) is 4.39 Å². The van der Waals surface area contributed by atoms with Crippen LogP contribution in [0.1, 0.15) is 33.4 Å². The summed E-state index contributed by atoms with van der Waals surface area (Å²) in [6.45, 7) is 9.39. The van der Waals surface area contributed by atoms with E-state index in [0.29, 0.717) is 29.7 Å². The maximum atomic E-state index is 14.3. The molecule has 1 aliphatic carbocycles. The van der Waals surface area contributed by atoms with Crippen molar-refractivity contribution in [3.63, 3.8) is 0 Å². The normalized spacial score (nSPS) is 18.2.